The quantitative estimate of drug-likeness (QED) is 0.157. The number of alkyl halides is 3. The van der Waals surface area contributed by atoms with Crippen LogP contribution in [0.1, 0.15) is 33.4 Å². The van der Waals surface area contributed by atoms with E-state index in [1.807, 2.05) is 77.7 Å². The minimum absolute atomic E-state index is 0.125. The van der Waals surface area contributed by atoms with Crippen LogP contribution >= 0.6 is 0 Å². The van der Waals surface area contributed by atoms with E-state index in [1.54, 1.807) is 23.4 Å². The van der Waals surface area contributed by atoms with Crippen molar-refractivity contribution in [1.82, 2.24) is 19.8 Å². The molecular formula is C39H33F3N4O2. The van der Waals surface area contributed by atoms with E-state index in [9.17, 15) is 22.8 Å². The molecule has 48 heavy (non-hydrogen) atoms. The van der Waals surface area contributed by atoms with Gasteiger partial charge in [-0.1, -0.05) is 91.0 Å². The lowest BCUT2D eigenvalue weighted by Crippen LogP contribution is -2.52. The molecule has 0 saturated heterocycles. The van der Waals surface area contributed by atoms with Crippen LogP contribution < -0.4 is 0 Å². The molecule has 5 aromatic rings. The maximum absolute atomic E-state index is 14.5. The number of halogens is 3. The zero-order valence-electron chi connectivity index (χ0n) is 26.1. The first-order chi connectivity index (χ1) is 23.2. The molecule has 6 rings (SSSR count). The number of rotatable bonds is 9. The van der Waals surface area contributed by atoms with Gasteiger partial charge in [-0.3, -0.25) is 9.59 Å². The fraction of sp³-hybridized carbons (Fsp3) is 0.179. The molecule has 0 radical (unpaired) electrons. The molecule has 1 aromatic heterocycles. The van der Waals surface area contributed by atoms with Gasteiger partial charge in [0, 0.05) is 50.1 Å². The molecule has 0 saturated carbocycles. The molecule has 2 amide bonds. The monoisotopic (exact) mass is 646 g/mol. The van der Waals surface area contributed by atoms with E-state index in [0.717, 1.165) is 34.4 Å². The van der Waals surface area contributed by atoms with Gasteiger partial charge in [0.1, 0.15) is 6.04 Å². The SMILES string of the molecule is O=C([C@H](Cc1ccccc1)N(Cc1ccc(-c2ncccn2)cc1)C(=O)C=Cc1ccc(C(F)(F)F)cc1)N1CCc2ccccc2C1. The first-order valence-electron chi connectivity index (χ1n) is 15.7. The van der Waals surface area contributed by atoms with Crippen molar-refractivity contribution in [1.29, 1.82) is 0 Å². The molecule has 1 aliphatic rings. The van der Waals surface area contributed by atoms with Crippen LogP contribution in [-0.2, 0) is 41.7 Å². The molecule has 0 bridgehead atoms. The second-order valence-corrected chi connectivity index (χ2v) is 11.7. The lowest BCUT2D eigenvalue weighted by Gasteiger charge is -2.37. The van der Waals surface area contributed by atoms with Crippen LogP contribution in [0.2, 0.25) is 0 Å². The fourth-order valence-corrected chi connectivity index (χ4v) is 5.86. The van der Waals surface area contributed by atoms with E-state index in [4.69, 9.17) is 0 Å². The van der Waals surface area contributed by atoms with Gasteiger partial charge in [-0.15, -0.1) is 0 Å². The summed E-state index contributed by atoms with van der Waals surface area (Å²) in [5, 5.41) is 0. The molecule has 2 heterocycles. The topological polar surface area (TPSA) is 66.4 Å². The largest absolute Gasteiger partial charge is 0.416 e. The zero-order chi connectivity index (χ0) is 33.5. The summed E-state index contributed by atoms with van der Waals surface area (Å²) in [6.45, 7) is 1.09. The van der Waals surface area contributed by atoms with Gasteiger partial charge in [-0.25, -0.2) is 9.97 Å². The Morgan fingerprint density at radius 1 is 0.792 bits per heavy atom. The maximum atomic E-state index is 14.5. The number of nitrogens with zero attached hydrogens (tertiary/aromatic N) is 4. The third kappa shape index (κ3) is 7.86. The summed E-state index contributed by atoms with van der Waals surface area (Å²) in [7, 11) is 0. The molecule has 0 aliphatic carbocycles. The van der Waals surface area contributed by atoms with Gasteiger partial charge in [0.25, 0.3) is 0 Å². The summed E-state index contributed by atoms with van der Waals surface area (Å²) >= 11 is 0. The average Bonchev–Trinajstić information content (AvgIpc) is 3.12. The Balaban J connectivity index is 1.34. The normalized spacial score (nSPS) is 13.6. The van der Waals surface area contributed by atoms with Gasteiger partial charge in [0.15, 0.2) is 5.82 Å². The van der Waals surface area contributed by atoms with Gasteiger partial charge >= 0.3 is 6.18 Å². The highest BCUT2D eigenvalue weighted by atomic mass is 19.4. The Morgan fingerprint density at radius 3 is 2.15 bits per heavy atom. The van der Waals surface area contributed by atoms with E-state index < -0.39 is 23.7 Å². The van der Waals surface area contributed by atoms with Gasteiger partial charge in [-0.05, 0) is 58.5 Å². The van der Waals surface area contributed by atoms with E-state index in [2.05, 4.69) is 16.0 Å². The molecular weight excluding hydrogens is 613 g/mol. The van der Waals surface area contributed by atoms with E-state index in [-0.39, 0.29) is 18.9 Å². The smallest absolute Gasteiger partial charge is 0.336 e. The minimum atomic E-state index is -4.46. The Labute approximate surface area is 277 Å². The van der Waals surface area contributed by atoms with Crippen molar-refractivity contribution >= 4 is 17.9 Å². The Morgan fingerprint density at radius 2 is 1.46 bits per heavy atom. The molecule has 6 nitrogen and oxygen atoms in total. The average molecular weight is 647 g/mol. The molecule has 0 N–H and O–H groups in total. The summed E-state index contributed by atoms with van der Waals surface area (Å²) in [5.41, 5.74) is 4.44. The van der Waals surface area contributed by atoms with E-state index >= 15 is 0 Å². The van der Waals surface area contributed by atoms with Crippen LogP contribution in [0.15, 0.2) is 128 Å². The van der Waals surface area contributed by atoms with Crippen molar-refractivity contribution in [3.63, 3.8) is 0 Å². The number of carbonyl (C=O) groups is 2. The van der Waals surface area contributed by atoms with Crippen molar-refractivity contribution in [2.45, 2.75) is 38.1 Å². The maximum Gasteiger partial charge on any atom is 0.416 e. The summed E-state index contributed by atoms with van der Waals surface area (Å²) in [4.78, 5) is 40.6. The molecule has 0 unspecified atom stereocenters. The molecule has 9 heteroatoms. The van der Waals surface area contributed by atoms with Gasteiger partial charge in [-0.2, -0.15) is 13.2 Å². The Hall–Kier alpha value is -5.57. The molecule has 1 aliphatic heterocycles. The minimum Gasteiger partial charge on any atom is -0.336 e. The first-order valence-corrected chi connectivity index (χ1v) is 15.7. The van der Waals surface area contributed by atoms with E-state index in [0.29, 0.717) is 30.9 Å². The summed E-state index contributed by atoms with van der Waals surface area (Å²) < 4.78 is 39.4. The van der Waals surface area contributed by atoms with Crippen LogP contribution in [0.25, 0.3) is 17.5 Å². The number of aromatic nitrogens is 2. The Bertz CT molecular complexity index is 1880. The third-order valence-corrected chi connectivity index (χ3v) is 8.45. The summed E-state index contributed by atoms with van der Waals surface area (Å²) in [5.74, 6) is -0.0324. The molecule has 242 valence electrons. The first kappa shape index (κ1) is 32.4. The van der Waals surface area contributed by atoms with E-state index in [1.165, 1.54) is 29.8 Å². The van der Waals surface area contributed by atoms with Crippen molar-refractivity contribution in [3.8, 4) is 11.4 Å². The number of hydrogen-bond acceptors (Lipinski definition) is 4. The third-order valence-electron chi connectivity index (χ3n) is 8.45. The van der Waals surface area contributed by atoms with Gasteiger partial charge in [0.05, 0.1) is 5.56 Å². The number of fused-ring (bicyclic) bond motifs is 1. The second kappa shape index (κ2) is 14.5. The number of carbonyl (C=O) groups excluding carboxylic acids is 2. The zero-order valence-corrected chi connectivity index (χ0v) is 26.1. The highest BCUT2D eigenvalue weighted by molar-refractivity contribution is 5.96. The molecule has 0 fully saturated rings. The van der Waals surface area contributed by atoms with Crippen molar-refractivity contribution < 1.29 is 22.8 Å². The Kier molecular flexibility index (Phi) is 9.75. The molecule has 0 spiro atoms. The van der Waals surface area contributed by atoms with Crippen LogP contribution in [0, 0.1) is 0 Å². The van der Waals surface area contributed by atoms with Crippen molar-refractivity contribution in [2.75, 3.05) is 6.54 Å². The highest BCUT2D eigenvalue weighted by Crippen LogP contribution is 2.29. The predicted octanol–water partition coefficient (Wildman–Crippen LogP) is 7.40. The molecule has 1 atom stereocenters. The predicted molar refractivity (Wildman–Crippen MR) is 178 cm³/mol. The standard InChI is InChI=1S/C39H33F3N4O2/c40-39(41,42)34-18-13-28(14-19-34)15-20-36(47)46(26-30-11-16-32(17-12-30)37-43-22-6-23-44-37)35(25-29-7-2-1-3-8-29)38(48)45-24-21-31-9-4-5-10-33(31)27-45/h1-20,22-23,35H,21,24-27H2/t35-/m0/s1. The van der Waals surface area contributed by atoms with Crippen LogP contribution in [0.4, 0.5) is 13.2 Å². The summed E-state index contributed by atoms with van der Waals surface area (Å²) in [6.07, 6.45) is 2.67. The van der Waals surface area contributed by atoms with Crippen molar-refractivity contribution in [2.24, 2.45) is 0 Å². The van der Waals surface area contributed by atoms with Crippen LogP contribution in [0.5, 0.6) is 0 Å². The number of benzene rings is 4. The number of hydrogen-bond donors (Lipinski definition) is 0. The van der Waals surface area contributed by atoms with Crippen LogP contribution in [0.3, 0.4) is 0 Å². The second-order valence-electron chi connectivity index (χ2n) is 11.7. The highest BCUT2D eigenvalue weighted by Gasteiger charge is 2.34. The number of amides is 2. The molecule has 4 aromatic carbocycles. The van der Waals surface area contributed by atoms with Crippen LogP contribution in [-0.4, -0.2) is 44.2 Å². The van der Waals surface area contributed by atoms with Gasteiger partial charge < -0.3 is 9.80 Å². The van der Waals surface area contributed by atoms with Crippen molar-refractivity contribution in [3.05, 3.63) is 161 Å². The summed E-state index contributed by atoms with van der Waals surface area (Å²) in [6, 6.07) is 30.6. The van der Waals surface area contributed by atoms with Gasteiger partial charge in [0.2, 0.25) is 11.8 Å². The lowest BCUT2D eigenvalue weighted by molar-refractivity contribution is -0.144. The lowest BCUT2D eigenvalue weighted by atomic mass is 9.97. The fourth-order valence-electron chi connectivity index (χ4n) is 5.86.